The van der Waals surface area contributed by atoms with E-state index < -0.39 is 16.2 Å². The van der Waals surface area contributed by atoms with Crippen molar-refractivity contribution in [1.82, 2.24) is 0 Å². The molecule has 1 heterocycles. The predicted octanol–water partition coefficient (Wildman–Crippen LogP) is 19.9. The molecule has 382 valence electrons. The van der Waals surface area contributed by atoms with Gasteiger partial charge in [-0.2, -0.15) is 0 Å². The van der Waals surface area contributed by atoms with Gasteiger partial charge in [0.05, 0.1) is 27.6 Å². The van der Waals surface area contributed by atoms with Crippen LogP contribution in [0.1, 0.15) is 66.8 Å². The minimum atomic E-state index is -0.712. The first kappa shape index (κ1) is 46.6. The molecule has 1 aliphatic heterocycles. The molecule has 4 aliphatic rings. The van der Waals surface area contributed by atoms with Crippen molar-refractivity contribution in [3.05, 3.63) is 388 Å². The summed E-state index contributed by atoms with van der Waals surface area (Å²) in [5, 5.41) is 0. The lowest BCUT2D eigenvalue weighted by molar-refractivity contribution is 0.753. The van der Waals surface area contributed by atoms with Gasteiger partial charge in [0, 0.05) is 5.69 Å². The Morgan fingerprint density at radius 3 is 0.866 bits per heavy atom. The van der Waals surface area contributed by atoms with Crippen LogP contribution < -0.4 is 4.90 Å². The first-order valence-electron chi connectivity index (χ1n) is 28.7. The van der Waals surface area contributed by atoms with Gasteiger partial charge in [0.15, 0.2) is 0 Å². The highest BCUT2D eigenvalue weighted by Gasteiger charge is 2.53. The SMILES string of the molecule is c1ccc(N2c3ccc(-c4cccc5c4-c4ccccc4C5(c4ccccc4)c4ccccc4)cc3C3(c4ccccc4-c4ccccc43)c3cc(-c4cccc5c4-c4ccccc4C5(c4ccccc4)c4ccccc4)ccc32)cc1. The maximum absolute atomic E-state index is 2.58. The van der Waals surface area contributed by atoms with Crippen LogP contribution in [0.5, 0.6) is 0 Å². The fraction of sp³-hybridized carbons (Fsp3) is 0.0370. The van der Waals surface area contributed by atoms with Crippen LogP contribution in [0.2, 0.25) is 0 Å². The third-order valence-corrected chi connectivity index (χ3v) is 18.8. The summed E-state index contributed by atoms with van der Waals surface area (Å²) >= 11 is 0. The Bertz CT molecular complexity index is 4310. The van der Waals surface area contributed by atoms with Gasteiger partial charge in [-0.1, -0.05) is 285 Å². The summed E-state index contributed by atoms with van der Waals surface area (Å²) in [6, 6.07) is 121. The van der Waals surface area contributed by atoms with E-state index in [2.05, 4.69) is 326 Å². The van der Waals surface area contributed by atoms with Gasteiger partial charge in [0.25, 0.3) is 0 Å². The van der Waals surface area contributed by atoms with Gasteiger partial charge < -0.3 is 4.90 Å². The number of para-hydroxylation sites is 1. The lowest BCUT2D eigenvalue weighted by Crippen LogP contribution is -2.36. The molecule has 1 spiro atoms. The van der Waals surface area contributed by atoms with Crippen molar-refractivity contribution in [2.24, 2.45) is 0 Å². The first-order chi connectivity index (χ1) is 40.7. The molecule has 1 nitrogen and oxygen atoms in total. The summed E-state index contributed by atoms with van der Waals surface area (Å²) in [7, 11) is 0. The quantitative estimate of drug-likeness (QED) is 0.154. The highest BCUT2D eigenvalue weighted by atomic mass is 15.2. The van der Waals surface area contributed by atoms with Crippen LogP contribution in [0, 0.1) is 0 Å². The van der Waals surface area contributed by atoms with E-state index >= 15 is 0 Å². The van der Waals surface area contributed by atoms with Gasteiger partial charge in [0.1, 0.15) is 0 Å². The number of hydrogen-bond donors (Lipinski definition) is 0. The Morgan fingerprint density at radius 2 is 0.488 bits per heavy atom. The third kappa shape index (κ3) is 6.12. The lowest BCUT2D eigenvalue weighted by Gasteiger charge is -2.45. The zero-order valence-electron chi connectivity index (χ0n) is 45.0. The van der Waals surface area contributed by atoms with Crippen LogP contribution in [0.25, 0.3) is 55.6 Å². The van der Waals surface area contributed by atoms with E-state index in [-0.39, 0.29) is 0 Å². The van der Waals surface area contributed by atoms with E-state index in [0.717, 1.165) is 5.69 Å². The molecule has 0 bridgehead atoms. The summed E-state index contributed by atoms with van der Waals surface area (Å²) < 4.78 is 0. The van der Waals surface area contributed by atoms with Gasteiger partial charge in [-0.15, -0.1) is 0 Å². The topological polar surface area (TPSA) is 3.24 Å². The second-order valence-electron chi connectivity index (χ2n) is 22.5. The molecule has 0 radical (unpaired) electrons. The van der Waals surface area contributed by atoms with Gasteiger partial charge in [0.2, 0.25) is 0 Å². The summed E-state index contributed by atoms with van der Waals surface area (Å²) in [6.45, 7) is 0. The van der Waals surface area contributed by atoms with Crippen molar-refractivity contribution < 1.29 is 0 Å². The molecule has 0 N–H and O–H groups in total. The number of fused-ring (bicyclic) bond motifs is 15. The Kier molecular flexibility index (Phi) is 10.1. The smallest absolute Gasteiger partial charge is 0.0754 e. The summed E-state index contributed by atoms with van der Waals surface area (Å²) in [5.41, 5.74) is 29.5. The molecule has 0 aromatic heterocycles. The van der Waals surface area contributed by atoms with Gasteiger partial charge >= 0.3 is 0 Å². The number of anilines is 3. The van der Waals surface area contributed by atoms with Crippen LogP contribution in [-0.4, -0.2) is 0 Å². The molecule has 0 saturated carbocycles. The van der Waals surface area contributed by atoms with E-state index in [4.69, 9.17) is 0 Å². The molecule has 3 aliphatic carbocycles. The average Bonchev–Trinajstić information content (AvgIpc) is 1.71. The number of rotatable bonds is 7. The molecule has 0 atom stereocenters. The zero-order valence-corrected chi connectivity index (χ0v) is 45.0. The molecular weight excluding hydrogens is 987 g/mol. The second kappa shape index (κ2) is 17.8. The van der Waals surface area contributed by atoms with E-state index in [1.807, 2.05) is 0 Å². The molecule has 0 fully saturated rings. The van der Waals surface area contributed by atoms with Crippen molar-refractivity contribution in [3.63, 3.8) is 0 Å². The Morgan fingerprint density at radius 1 is 0.195 bits per heavy atom. The number of nitrogens with zero attached hydrogens (tertiary/aromatic N) is 1. The summed E-state index contributed by atoms with van der Waals surface area (Å²) in [6.07, 6.45) is 0. The third-order valence-electron chi connectivity index (χ3n) is 18.8. The minimum absolute atomic E-state index is 0.525. The maximum atomic E-state index is 2.58. The predicted molar refractivity (Wildman–Crippen MR) is 337 cm³/mol. The van der Waals surface area contributed by atoms with Crippen LogP contribution in [-0.2, 0) is 16.2 Å². The van der Waals surface area contributed by atoms with Gasteiger partial charge in [-0.25, -0.2) is 0 Å². The molecule has 17 rings (SSSR count). The maximum Gasteiger partial charge on any atom is 0.0754 e. The van der Waals surface area contributed by atoms with Crippen molar-refractivity contribution in [3.8, 4) is 55.6 Å². The molecular formula is C81H53N. The van der Waals surface area contributed by atoms with Crippen LogP contribution in [0.3, 0.4) is 0 Å². The van der Waals surface area contributed by atoms with Gasteiger partial charge in [-0.05, 0) is 159 Å². The van der Waals surface area contributed by atoms with E-state index in [0.29, 0.717) is 0 Å². The van der Waals surface area contributed by atoms with Crippen molar-refractivity contribution in [1.29, 1.82) is 0 Å². The van der Waals surface area contributed by atoms with Crippen molar-refractivity contribution >= 4 is 17.1 Å². The fourth-order valence-electron chi connectivity index (χ4n) is 15.8. The molecule has 13 aromatic rings. The van der Waals surface area contributed by atoms with Gasteiger partial charge in [-0.3, -0.25) is 0 Å². The Hall–Kier alpha value is -10.3. The van der Waals surface area contributed by atoms with E-state index in [1.165, 1.54) is 134 Å². The molecule has 82 heavy (non-hydrogen) atoms. The van der Waals surface area contributed by atoms with E-state index in [9.17, 15) is 0 Å². The highest BCUT2D eigenvalue weighted by molar-refractivity contribution is 6.02. The van der Waals surface area contributed by atoms with Crippen LogP contribution in [0.15, 0.2) is 322 Å². The largest absolute Gasteiger partial charge is 0.310 e. The van der Waals surface area contributed by atoms with Crippen LogP contribution in [0.4, 0.5) is 17.1 Å². The number of benzene rings is 13. The molecule has 0 unspecified atom stereocenters. The van der Waals surface area contributed by atoms with Crippen molar-refractivity contribution in [2.45, 2.75) is 16.2 Å². The Labute approximate surface area is 479 Å². The zero-order chi connectivity index (χ0) is 54.0. The Balaban J connectivity index is 0.957. The van der Waals surface area contributed by atoms with Crippen LogP contribution >= 0.6 is 0 Å². The molecule has 13 aromatic carbocycles. The van der Waals surface area contributed by atoms with Crippen molar-refractivity contribution in [2.75, 3.05) is 4.90 Å². The second-order valence-corrected chi connectivity index (χ2v) is 22.5. The summed E-state index contributed by atoms with van der Waals surface area (Å²) in [5.74, 6) is 0. The normalized spacial score (nSPS) is 14.6. The van der Waals surface area contributed by atoms with E-state index in [1.54, 1.807) is 0 Å². The standard InChI is InChI=1S/C81H53N/c1-6-26-56(27-7-1)79(57-28-8-2-9-29-57)69-44-22-18-38-65(69)77-61(40-24-46-71(77)79)54-48-50-75-73(52-54)81(67-42-20-16-36-63(67)64-37-17-21-43-68(64)81)74-53-55(49-51-76(74)82(75)60-34-14-5-15-35-60)62-41-25-47-72-78(62)66-39-19-23-45-70(66)80(72,58-30-10-3-11-31-58)59-32-12-4-13-33-59/h1-53H. The highest BCUT2D eigenvalue weighted by Crippen LogP contribution is 2.66. The molecule has 1 heteroatoms. The fourth-order valence-corrected chi connectivity index (χ4v) is 15.8. The molecule has 0 saturated heterocycles. The summed E-state index contributed by atoms with van der Waals surface area (Å²) in [4.78, 5) is 2.54. The minimum Gasteiger partial charge on any atom is -0.310 e. The average molecular weight is 1040 g/mol. The monoisotopic (exact) mass is 1040 g/mol. The number of hydrogen-bond acceptors (Lipinski definition) is 1. The lowest BCUT2D eigenvalue weighted by atomic mass is 9.63. The molecule has 0 amide bonds. The first-order valence-corrected chi connectivity index (χ1v) is 28.7.